The molecule has 0 aliphatic carbocycles. The van der Waals surface area contributed by atoms with Gasteiger partial charge < -0.3 is 0 Å². The molecule has 0 bridgehead atoms. The summed E-state index contributed by atoms with van der Waals surface area (Å²) in [4.78, 5) is 9.63. The van der Waals surface area contributed by atoms with Gasteiger partial charge in [-0.2, -0.15) is 0 Å². The molecule has 0 spiro atoms. The van der Waals surface area contributed by atoms with Gasteiger partial charge in [0.1, 0.15) is 5.01 Å². The number of para-hydroxylation sites is 1. The van der Waals surface area contributed by atoms with Crippen LogP contribution in [0.4, 0.5) is 0 Å². The van der Waals surface area contributed by atoms with E-state index in [-0.39, 0.29) is 0 Å². The molecule has 6 rings (SSSR count). The first-order valence-electron chi connectivity index (χ1n) is 10.9. The van der Waals surface area contributed by atoms with Gasteiger partial charge >= 0.3 is 0 Å². The van der Waals surface area contributed by atoms with Crippen LogP contribution in [0, 0.1) is 0 Å². The molecule has 0 saturated heterocycles. The fourth-order valence-corrected chi connectivity index (χ4v) is 6.11. The number of hydrogen-bond acceptors (Lipinski definition) is 4. The number of fused-ring (bicyclic) bond motifs is 7. The van der Waals surface area contributed by atoms with Gasteiger partial charge in [0.25, 0.3) is 0 Å². The Hall–Kier alpha value is -3.60. The summed E-state index contributed by atoms with van der Waals surface area (Å²) in [7, 11) is 0. The van der Waals surface area contributed by atoms with E-state index >= 15 is 0 Å². The fourth-order valence-electron chi connectivity index (χ4n) is 4.13. The highest BCUT2D eigenvalue weighted by Gasteiger charge is 2.11. The molecule has 0 amide bonds. The van der Waals surface area contributed by atoms with Gasteiger partial charge in [0.05, 0.1) is 25.4 Å². The Labute approximate surface area is 199 Å². The average Bonchev–Trinajstić information content (AvgIpc) is 3.48. The summed E-state index contributed by atoms with van der Waals surface area (Å²) in [6.07, 6.45) is 13.3. The van der Waals surface area contributed by atoms with E-state index in [0.717, 1.165) is 27.5 Å². The van der Waals surface area contributed by atoms with Gasteiger partial charge in [-0.3, -0.25) is 0 Å². The quantitative estimate of drug-likeness (QED) is 0.190. The van der Waals surface area contributed by atoms with Crippen molar-refractivity contribution in [2.75, 3.05) is 0 Å². The lowest BCUT2D eigenvalue weighted by Crippen LogP contribution is -1.80. The van der Waals surface area contributed by atoms with Gasteiger partial charge in [-0.25, -0.2) is 9.97 Å². The third kappa shape index (κ3) is 3.88. The molecule has 6 aromatic rings. The van der Waals surface area contributed by atoms with Gasteiger partial charge in [0, 0.05) is 17.2 Å². The zero-order chi connectivity index (χ0) is 22.0. The molecule has 0 aliphatic rings. The van der Waals surface area contributed by atoms with E-state index in [2.05, 4.69) is 108 Å². The van der Waals surface area contributed by atoms with Crippen molar-refractivity contribution in [3.63, 3.8) is 0 Å². The molecule has 158 valence electrons. The number of nitrogens with zero attached hydrogens (tertiary/aromatic N) is 2. The molecule has 2 nitrogen and oxygen atoms in total. The largest absolute Gasteiger partial charge is 0.241 e. The highest BCUT2D eigenvalue weighted by Crippen LogP contribution is 2.37. The number of aromatic nitrogens is 2. The van der Waals surface area contributed by atoms with Gasteiger partial charge in [-0.15, -0.1) is 22.7 Å². The van der Waals surface area contributed by atoms with Crippen molar-refractivity contribution in [3.8, 4) is 0 Å². The zero-order valence-electron chi connectivity index (χ0n) is 17.8. The molecule has 4 aromatic carbocycles. The van der Waals surface area contributed by atoms with Crippen molar-refractivity contribution >= 4 is 70.7 Å². The van der Waals surface area contributed by atoms with Crippen LogP contribution >= 0.6 is 22.7 Å². The second-order valence-corrected chi connectivity index (χ2v) is 9.92. The van der Waals surface area contributed by atoms with Crippen molar-refractivity contribution in [1.29, 1.82) is 0 Å². The summed E-state index contributed by atoms with van der Waals surface area (Å²) < 4.78 is 2.50. The third-order valence-corrected chi connectivity index (χ3v) is 7.74. The summed E-state index contributed by atoms with van der Waals surface area (Å²) in [5.74, 6) is 0. The average molecular weight is 461 g/mol. The molecule has 0 saturated carbocycles. The van der Waals surface area contributed by atoms with Crippen molar-refractivity contribution in [1.82, 2.24) is 9.97 Å². The highest BCUT2D eigenvalue weighted by atomic mass is 32.1. The third-order valence-electron chi connectivity index (χ3n) is 5.63. The molecule has 0 N–H and O–H groups in total. The highest BCUT2D eigenvalue weighted by molar-refractivity contribution is 7.20. The standard InChI is InChI=1S/C29H20N2S2/c1(2-4-18-26-30-24-16-10-11-17-25(24)32-26)3-5-19-27-31-28-22-14-8-6-12-20(22)21-13-7-9-15-23(21)29(28)33-27/h1-17,19H,18H2. The molecular formula is C29H20N2S2. The Balaban J connectivity index is 1.21. The first-order chi connectivity index (χ1) is 16.4. The minimum Gasteiger partial charge on any atom is -0.241 e. The Morgan fingerprint density at radius 1 is 0.636 bits per heavy atom. The van der Waals surface area contributed by atoms with E-state index < -0.39 is 0 Å². The Morgan fingerprint density at radius 2 is 1.33 bits per heavy atom. The predicted octanol–water partition coefficient (Wildman–Crippen LogP) is 8.58. The molecule has 0 aliphatic heterocycles. The van der Waals surface area contributed by atoms with Crippen LogP contribution in [-0.4, -0.2) is 9.97 Å². The number of thiazole rings is 2. The van der Waals surface area contributed by atoms with Crippen molar-refractivity contribution in [2.24, 2.45) is 0 Å². The van der Waals surface area contributed by atoms with Crippen LogP contribution in [0.15, 0.2) is 103 Å². The maximum Gasteiger partial charge on any atom is 0.117 e. The summed E-state index contributed by atoms with van der Waals surface area (Å²) in [5.41, 5.74) is 2.18. The number of hydrogen-bond donors (Lipinski definition) is 0. The van der Waals surface area contributed by atoms with Crippen molar-refractivity contribution < 1.29 is 0 Å². The van der Waals surface area contributed by atoms with E-state index in [4.69, 9.17) is 4.98 Å². The zero-order valence-corrected chi connectivity index (χ0v) is 19.4. The molecule has 0 fully saturated rings. The van der Waals surface area contributed by atoms with E-state index in [0.29, 0.717) is 0 Å². The van der Waals surface area contributed by atoms with Gasteiger partial charge in [-0.1, -0.05) is 91.0 Å². The Kier molecular flexibility index (Phi) is 5.31. The van der Waals surface area contributed by atoms with Gasteiger partial charge in [0.2, 0.25) is 0 Å². The van der Waals surface area contributed by atoms with Crippen molar-refractivity contribution in [2.45, 2.75) is 6.42 Å². The maximum absolute atomic E-state index is 4.96. The molecule has 0 unspecified atom stereocenters. The van der Waals surface area contributed by atoms with E-state index in [1.165, 1.54) is 30.9 Å². The molecule has 4 heteroatoms. The second-order valence-electron chi connectivity index (χ2n) is 7.77. The SMILES string of the molecule is C(=CC=Cc1nc2c3ccccc3c3ccccc3c2s1)C=CCc1nc2ccccc2s1. The predicted molar refractivity (Wildman–Crippen MR) is 145 cm³/mol. The lowest BCUT2D eigenvalue weighted by molar-refractivity contribution is 1.21. The molecule has 2 heterocycles. The Morgan fingerprint density at radius 3 is 2.18 bits per heavy atom. The van der Waals surface area contributed by atoms with Crippen LogP contribution in [0.3, 0.4) is 0 Å². The summed E-state index contributed by atoms with van der Waals surface area (Å²) in [5, 5.41) is 7.21. The Bertz CT molecular complexity index is 1590. The van der Waals surface area contributed by atoms with Crippen LogP contribution in [0.1, 0.15) is 10.0 Å². The first kappa shape index (κ1) is 20.0. The minimum absolute atomic E-state index is 0.853. The smallest absolute Gasteiger partial charge is 0.117 e. The summed E-state index contributed by atoms with van der Waals surface area (Å²) in [6, 6.07) is 25.5. The van der Waals surface area contributed by atoms with E-state index in [1.807, 2.05) is 6.07 Å². The fraction of sp³-hybridized carbons (Fsp3) is 0.0345. The number of rotatable bonds is 5. The van der Waals surface area contributed by atoms with Crippen LogP contribution in [-0.2, 0) is 6.42 Å². The molecule has 0 radical (unpaired) electrons. The molecule has 0 atom stereocenters. The second kappa shape index (κ2) is 8.74. The lowest BCUT2D eigenvalue weighted by Gasteiger charge is -2.05. The normalized spacial score (nSPS) is 12.6. The number of allylic oxidation sites excluding steroid dienone is 5. The van der Waals surface area contributed by atoms with Crippen molar-refractivity contribution in [3.05, 3.63) is 113 Å². The van der Waals surface area contributed by atoms with E-state index in [1.54, 1.807) is 22.7 Å². The molecule has 33 heavy (non-hydrogen) atoms. The van der Waals surface area contributed by atoms with Crippen LogP contribution in [0.2, 0.25) is 0 Å². The summed E-state index contributed by atoms with van der Waals surface area (Å²) >= 11 is 3.51. The maximum atomic E-state index is 4.96. The van der Waals surface area contributed by atoms with Gasteiger partial charge in [0.15, 0.2) is 0 Å². The van der Waals surface area contributed by atoms with Crippen LogP contribution in [0.25, 0.3) is 48.1 Å². The monoisotopic (exact) mass is 460 g/mol. The topological polar surface area (TPSA) is 25.8 Å². The minimum atomic E-state index is 0.853. The molecular weight excluding hydrogens is 440 g/mol. The van der Waals surface area contributed by atoms with Gasteiger partial charge in [-0.05, 0) is 29.0 Å². The number of benzene rings is 4. The lowest BCUT2D eigenvalue weighted by atomic mass is 10.0. The van der Waals surface area contributed by atoms with Crippen LogP contribution in [0.5, 0.6) is 0 Å². The van der Waals surface area contributed by atoms with E-state index in [9.17, 15) is 0 Å². The first-order valence-corrected chi connectivity index (χ1v) is 12.5. The van der Waals surface area contributed by atoms with Crippen LogP contribution < -0.4 is 0 Å². The molecule has 2 aromatic heterocycles. The summed E-state index contributed by atoms with van der Waals surface area (Å²) in [6.45, 7) is 0.